The molecule has 2 aromatic carbocycles. The van der Waals surface area contributed by atoms with E-state index in [0.717, 1.165) is 11.3 Å². The van der Waals surface area contributed by atoms with Gasteiger partial charge in [-0.15, -0.1) is 0 Å². The number of anilines is 2. The number of rotatable bonds is 6. The quantitative estimate of drug-likeness (QED) is 0.736. The lowest BCUT2D eigenvalue weighted by atomic mass is 9.95. The molecule has 1 unspecified atom stereocenters. The Morgan fingerprint density at radius 2 is 1.62 bits per heavy atom. The highest BCUT2D eigenvalue weighted by atomic mass is 16.2. The van der Waals surface area contributed by atoms with Crippen LogP contribution in [-0.2, 0) is 9.59 Å². The Balaban J connectivity index is 1.88. The van der Waals surface area contributed by atoms with Crippen molar-refractivity contribution in [2.45, 2.75) is 33.7 Å². The first-order valence-electron chi connectivity index (χ1n) is 8.75. The molecule has 2 amide bonds. The molecular formula is C21H27N3O2. The Morgan fingerprint density at radius 1 is 0.962 bits per heavy atom. The van der Waals surface area contributed by atoms with Crippen LogP contribution in [-0.4, -0.2) is 18.4 Å². The minimum absolute atomic E-state index is 0.0518. The molecule has 5 heteroatoms. The smallest absolute Gasteiger partial charge is 0.239 e. The fourth-order valence-electron chi connectivity index (χ4n) is 2.33. The molecule has 5 nitrogen and oxygen atoms in total. The van der Waals surface area contributed by atoms with Crippen molar-refractivity contribution in [1.82, 2.24) is 5.32 Å². The second-order valence-corrected chi connectivity index (χ2v) is 7.34. The van der Waals surface area contributed by atoms with Gasteiger partial charge in [0.1, 0.15) is 0 Å². The van der Waals surface area contributed by atoms with Crippen molar-refractivity contribution < 1.29 is 9.59 Å². The van der Waals surface area contributed by atoms with E-state index in [2.05, 4.69) is 16.0 Å². The average molecular weight is 353 g/mol. The van der Waals surface area contributed by atoms with Gasteiger partial charge in [-0.25, -0.2) is 0 Å². The van der Waals surface area contributed by atoms with E-state index in [4.69, 9.17) is 0 Å². The number of hydrogen-bond acceptors (Lipinski definition) is 3. The van der Waals surface area contributed by atoms with Gasteiger partial charge in [-0.05, 0) is 30.7 Å². The summed E-state index contributed by atoms with van der Waals surface area (Å²) in [5.74, 6) is -0.144. The van der Waals surface area contributed by atoms with Crippen molar-refractivity contribution in [3.05, 3.63) is 60.2 Å². The molecule has 0 saturated carbocycles. The van der Waals surface area contributed by atoms with E-state index in [-0.39, 0.29) is 24.4 Å². The molecule has 138 valence electrons. The van der Waals surface area contributed by atoms with E-state index in [0.29, 0.717) is 5.69 Å². The predicted molar refractivity (Wildman–Crippen MR) is 106 cm³/mol. The largest absolute Gasteiger partial charge is 0.376 e. The SMILES string of the molecule is CC(NC(=O)CNc1cccc(NC(=O)C(C)(C)C)c1)c1ccccc1. The first kappa shape index (κ1) is 19.5. The number of carbonyl (C=O) groups excluding carboxylic acids is 2. The van der Waals surface area contributed by atoms with Gasteiger partial charge in [-0.2, -0.15) is 0 Å². The lowest BCUT2D eigenvalue weighted by Gasteiger charge is -2.18. The molecule has 0 radical (unpaired) electrons. The number of benzene rings is 2. The van der Waals surface area contributed by atoms with Crippen LogP contribution in [0.15, 0.2) is 54.6 Å². The molecule has 2 rings (SSSR count). The van der Waals surface area contributed by atoms with Gasteiger partial charge in [0.2, 0.25) is 11.8 Å². The van der Waals surface area contributed by atoms with Crippen LogP contribution < -0.4 is 16.0 Å². The van der Waals surface area contributed by atoms with Crippen molar-refractivity contribution in [2.75, 3.05) is 17.2 Å². The van der Waals surface area contributed by atoms with Crippen LogP contribution in [0.25, 0.3) is 0 Å². The fraction of sp³-hybridized carbons (Fsp3) is 0.333. The molecule has 3 N–H and O–H groups in total. The Bertz CT molecular complexity index is 751. The van der Waals surface area contributed by atoms with Crippen LogP contribution in [0.4, 0.5) is 11.4 Å². The van der Waals surface area contributed by atoms with E-state index in [1.165, 1.54) is 0 Å². The van der Waals surface area contributed by atoms with E-state index >= 15 is 0 Å². The van der Waals surface area contributed by atoms with Crippen LogP contribution in [0.1, 0.15) is 39.3 Å². The Labute approximate surface area is 155 Å². The van der Waals surface area contributed by atoms with Gasteiger partial charge in [0, 0.05) is 16.8 Å². The maximum atomic E-state index is 12.2. The van der Waals surface area contributed by atoms with Gasteiger partial charge in [0.15, 0.2) is 0 Å². The highest BCUT2D eigenvalue weighted by molar-refractivity contribution is 5.95. The zero-order valence-electron chi connectivity index (χ0n) is 15.8. The molecule has 0 heterocycles. The molecular weight excluding hydrogens is 326 g/mol. The van der Waals surface area contributed by atoms with Gasteiger partial charge >= 0.3 is 0 Å². The normalized spacial score (nSPS) is 12.2. The average Bonchev–Trinajstić information content (AvgIpc) is 2.60. The summed E-state index contributed by atoms with van der Waals surface area (Å²) in [5.41, 5.74) is 2.08. The zero-order valence-corrected chi connectivity index (χ0v) is 15.8. The predicted octanol–water partition coefficient (Wildman–Crippen LogP) is 3.96. The van der Waals surface area contributed by atoms with Crippen LogP contribution >= 0.6 is 0 Å². The van der Waals surface area contributed by atoms with Crippen molar-refractivity contribution in [3.8, 4) is 0 Å². The Kier molecular flexibility index (Phi) is 6.39. The molecule has 0 spiro atoms. The third-order valence-electron chi connectivity index (χ3n) is 3.93. The van der Waals surface area contributed by atoms with Crippen LogP contribution in [0.5, 0.6) is 0 Å². The number of amides is 2. The summed E-state index contributed by atoms with van der Waals surface area (Å²) in [4.78, 5) is 24.2. The van der Waals surface area contributed by atoms with Crippen molar-refractivity contribution in [2.24, 2.45) is 5.41 Å². The Hall–Kier alpha value is -2.82. The number of nitrogens with one attached hydrogen (secondary N) is 3. The van der Waals surface area contributed by atoms with Gasteiger partial charge < -0.3 is 16.0 Å². The third kappa shape index (κ3) is 5.92. The first-order chi connectivity index (χ1) is 12.3. The molecule has 0 fully saturated rings. The van der Waals surface area contributed by atoms with E-state index in [1.807, 2.05) is 82.3 Å². The summed E-state index contributed by atoms with van der Waals surface area (Å²) < 4.78 is 0. The number of carbonyl (C=O) groups is 2. The zero-order chi connectivity index (χ0) is 19.2. The molecule has 0 aliphatic heterocycles. The molecule has 0 aliphatic carbocycles. The van der Waals surface area contributed by atoms with Crippen LogP contribution in [0.3, 0.4) is 0 Å². The van der Waals surface area contributed by atoms with Crippen molar-refractivity contribution in [3.63, 3.8) is 0 Å². The highest BCUT2D eigenvalue weighted by Crippen LogP contribution is 2.20. The van der Waals surface area contributed by atoms with E-state index in [1.54, 1.807) is 0 Å². The molecule has 2 aromatic rings. The van der Waals surface area contributed by atoms with E-state index < -0.39 is 5.41 Å². The topological polar surface area (TPSA) is 70.2 Å². The summed E-state index contributed by atoms with van der Waals surface area (Å²) in [5, 5.41) is 8.94. The summed E-state index contributed by atoms with van der Waals surface area (Å²) in [6, 6.07) is 17.1. The molecule has 0 saturated heterocycles. The fourth-order valence-corrected chi connectivity index (χ4v) is 2.33. The first-order valence-corrected chi connectivity index (χ1v) is 8.75. The van der Waals surface area contributed by atoms with E-state index in [9.17, 15) is 9.59 Å². The standard InChI is InChI=1S/C21H27N3O2/c1-15(16-9-6-5-7-10-16)23-19(25)14-22-17-11-8-12-18(13-17)24-20(26)21(2,3)4/h5-13,15,22H,14H2,1-4H3,(H,23,25)(H,24,26). The van der Waals surface area contributed by atoms with Crippen molar-refractivity contribution >= 4 is 23.2 Å². The van der Waals surface area contributed by atoms with Gasteiger partial charge in [-0.3, -0.25) is 9.59 Å². The van der Waals surface area contributed by atoms with Gasteiger partial charge in [0.05, 0.1) is 12.6 Å². The minimum Gasteiger partial charge on any atom is -0.376 e. The summed E-state index contributed by atoms with van der Waals surface area (Å²) in [6.07, 6.45) is 0. The maximum Gasteiger partial charge on any atom is 0.239 e. The lowest BCUT2D eigenvalue weighted by Crippen LogP contribution is -2.32. The third-order valence-corrected chi connectivity index (χ3v) is 3.93. The Morgan fingerprint density at radius 3 is 2.27 bits per heavy atom. The second kappa shape index (κ2) is 8.52. The molecule has 26 heavy (non-hydrogen) atoms. The van der Waals surface area contributed by atoms with Gasteiger partial charge in [0.25, 0.3) is 0 Å². The van der Waals surface area contributed by atoms with Crippen LogP contribution in [0.2, 0.25) is 0 Å². The monoisotopic (exact) mass is 353 g/mol. The minimum atomic E-state index is -0.461. The maximum absolute atomic E-state index is 12.2. The number of hydrogen-bond donors (Lipinski definition) is 3. The molecule has 0 bridgehead atoms. The summed E-state index contributed by atoms with van der Waals surface area (Å²) in [7, 11) is 0. The molecule has 1 atom stereocenters. The summed E-state index contributed by atoms with van der Waals surface area (Å²) in [6.45, 7) is 7.71. The van der Waals surface area contributed by atoms with Gasteiger partial charge in [-0.1, -0.05) is 57.2 Å². The molecule has 0 aromatic heterocycles. The lowest BCUT2D eigenvalue weighted by molar-refractivity contribution is -0.123. The molecule has 0 aliphatic rings. The second-order valence-electron chi connectivity index (χ2n) is 7.34. The highest BCUT2D eigenvalue weighted by Gasteiger charge is 2.21. The van der Waals surface area contributed by atoms with Crippen molar-refractivity contribution in [1.29, 1.82) is 0 Å². The van der Waals surface area contributed by atoms with Crippen LogP contribution in [0, 0.1) is 5.41 Å². The summed E-state index contributed by atoms with van der Waals surface area (Å²) >= 11 is 0.